The lowest BCUT2D eigenvalue weighted by Gasteiger charge is -2.26. The zero-order chi connectivity index (χ0) is 20.9. The van der Waals surface area contributed by atoms with Crippen LogP contribution in [0, 0.1) is 6.92 Å². The molecule has 2 aromatic heterocycles. The van der Waals surface area contributed by atoms with Crippen molar-refractivity contribution < 1.29 is 0 Å². The lowest BCUT2D eigenvalue weighted by atomic mass is 10.1. The molecule has 2 aromatic carbocycles. The first-order valence-electron chi connectivity index (χ1n) is 9.87. The number of aromatic nitrogens is 2. The van der Waals surface area contributed by atoms with Gasteiger partial charge in [0.2, 0.25) is 0 Å². The van der Waals surface area contributed by atoms with Crippen LogP contribution in [0.1, 0.15) is 16.8 Å². The second-order valence-corrected chi connectivity index (χ2v) is 8.07. The molecule has 4 rings (SSSR count). The van der Waals surface area contributed by atoms with E-state index in [4.69, 9.17) is 23.8 Å². The molecule has 0 saturated carbocycles. The molecule has 152 valence electrons. The number of nitrogens with one attached hydrogen (secondary N) is 2. The zero-order valence-electron chi connectivity index (χ0n) is 16.7. The summed E-state index contributed by atoms with van der Waals surface area (Å²) < 4.78 is 0. The van der Waals surface area contributed by atoms with E-state index in [9.17, 15) is 0 Å². The fraction of sp³-hybridized carbons (Fsp3) is 0.167. The molecule has 0 bridgehead atoms. The first-order valence-corrected chi connectivity index (χ1v) is 10.7. The number of hydrogen-bond donors (Lipinski definition) is 2. The van der Waals surface area contributed by atoms with Gasteiger partial charge in [-0.15, -0.1) is 0 Å². The normalized spacial score (nSPS) is 10.9. The monoisotopic (exact) mass is 434 g/mol. The zero-order valence-corrected chi connectivity index (χ0v) is 18.3. The number of halogens is 1. The number of benzene rings is 2. The smallest absolute Gasteiger partial charge is 0.173 e. The molecule has 0 aliphatic carbocycles. The largest absolute Gasteiger partial charge is 0.358 e. The topological polar surface area (TPSA) is 44.0 Å². The molecule has 0 unspecified atom stereocenters. The molecule has 0 atom stereocenters. The highest BCUT2D eigenvalue weighted by Gasteiger charge is 2.14. The van der Waals surface area contributed by atoms with Crippen molar-refractivity contribution in [1.29, 1.82) is 0 Å². The number of anilines is 1. The maximum absolute atomic E-state index is 6.13. The molecule has 6 heteroatoms. The molecule has 0 spiro atoms. The minimum atomic E-state index is 0.665. The van der Waals surface area contributed by atoms with Crippen molar-refractivity contribution in [2.24, 2.45) is 0 Å². The van der Waals surface area contributed by atoms with Gasteiger partial charge in [0, 0.05) is 52.8 Å². The number of pyridine rings is 1. The standard InChI is InChI=1S/C24H23ClN4S/c1-17-21(22-9-2-3-10-23(22)27-17)11-13-29(16-18-6-5-12-26-15-18)24(30)28-20-8-4-7-19(25)14-20/h2-10,12,14-15,27H,11,13,16H2,1H3,(H,28,30). The summed E-state index contributed by atoms with van der Waals surface area (Å²) in [5.74, 6) is 0. The molecule has 2 heterocycles. The number of thiocarbonyl (C=S) groups is 1. The van der Waals surface area contributed by atoms with E-state index in [0.717, 1.165) is 24.2 Å². The van der Waals surface area contributed by atoms with Gasteiger partial charge in [-0.05, 0) is 67.0 Å². The second kappa shape index (κ2) is 9.28. The van der Waals surface area contributed by atoms with Crippen LogP contribution in [-0.2, 0) is 13.0 Å². The molecule has 0 amide bonds. The molecule has 4 aromatic rings. The minimum absolute atomic E-state index is 0.665. The van der Waals surface area contributed by atoms with Gasteiger partial charge in [-0.2, -0.15) is 0 Å². The van der Waals surface area contributed by atoms with Crippen LogP contribution in [0.4, 0.5) is 5.69 Å². The van der Waals surface area contributed by atoms with Crippen LogP contribution in [0.2, 0.25) is 5.02 Å². The number of H-pyrrole nitrogens is 1. The Morgan fingerprint density at radius 2 is 2.00 bits per heavy atom. The second-order valence-electron chi connectivity index (χ2n) is 7.25. The van der Waals surface area contributed by atoms with E-state index in [0.29, 0.717) is 16.7 Å². The molecular formula is C24H23ClN4S. The molecule has 4 nitrogen and oxygen atoms in total. The highest BCUT2D eigenvalue weighted by Crippen LogP contribution is 2.23. The number of rotatable bonds is 6. The number of aromatic amines is 1. The Kier molecular flexibility index (Phi) is 6.31. The number of para-hydroxylation sites is 1. The molecule has 0 saturated heterocycles. The SMILES string of the molecule is Cc1[nH]c2ccccc2c1CCN(Cc1cccnc1)C(=S)Nc1cccc(Cl)c1. The molecular weight excluding hydrogens is 412 g/mol. The van der Waals surface area contributed by atoms with Crippen molar-refractivity contribution >= 4 is 45.5 Å². The average Bonchev–Trinajstić information content (AvgIpc) is 3.07. The van der Waals surface area contributed by atoms with Gasteiger partial charge in [0.25, 0.3) is 0 Å². The summed E-state index contributed by atoms with van der Waals surface area (Å²) in [6, 6.07) is 20.0. The molecule has 0 aliphatic heterocycles. The maximum Gasteiger partial charge on any atom is 0.173 e. The minimum Gasteiger partial charge on any atom is -0.358 e. The van der Waals surface area contributed by atoms with Gasteiger partial charge in [0.15, 0.2) is 5.11 Å². The van der Waals surface area contributed by atoms with Gasteiger partial charge >= 0.3 is 0 Å². The molecule has 0 aliphatic rings. The first-order chi connectivity index (χ1) is 14.6. The van der Waals surface area contributed by atoms with Gasteiger partial charge in [0.1, 0.15) is 0 Å². The number of nitrogens with zero attached hydrogens (tertiary/aromatic N) is 2. The van der Waals surface area contributed by atoms with Crippen molar-refractivity contribution in [3.63, 3.8) is 0 Å². The van der Waals surface area contributed by atoms with E-state index < -0.39 is 0 Å². The summed E-state index contributed by atoms with van der Waals surface area (Å²) in [6.07, 6.45) is 4.55. The van der Waals surface area contributed by atoms with Gasteiger partial charge in [0.05, 0.1) is 0 Å². The highest BCUT2D eigenvalue weighted by atomic mass is 35.5. The van der Waals surface area contributed by atoms with Crippen LogP contribution in [0.15, 0.2) is 73.1 Å². The van der Waals surface area contributed by atoms with Crippen LogP contribution in [0.3, 0.4) is 0 Å². The number of hydrogen-bond acceptors (Lipinski definition) is 2. The van der Waals surface area contributed by atoms with E-state index >= 15 is 0 Å². The van der Waals surface area contributed by atoms with Crippen LogP contribution in [0.5, 0.6) is 0 Å². The summed E-state index contributed by atoms with van der Waals surface area (Å²) >= 11 is 11.9. The Bertz CT molecular complexity index is 1160. The van der Waals surface area contributed by atoms with E-state index in [2.05, 4.69) is 57.4 Å². The van der Waals surface area contributed by atoms with Gasteiger partial charge < -0.3 is 15.2 Å². The number of fused-ring (bicyclic) bond motifs is 1. The number of aryl methyl sites for hydroxylation is 1. The van der Waals surface area contributed by atoms with Crippen molar-refractivity contribution in [2.45, 2.75) is 19.9 Å². The highest BCUT2D eigenvalue weighted by molar-refractivity contribution is 7.80. The quantitative estimate of drug-likeness (QED) is 0.367. The Labute approximate surface area is 186 Å². The Hall–Kier alpha value is -2.89. The van der Waals surface area contributed by atoms with Crippen molar-refractivity contribution in [1.82, 2.24) is 14.9 Å². The lowest BCUT2D eigenvalue weighted by Crippen LogP contribution is -2.36. The maximum atomic E-state index is 6.13. The Morgan fingerprint density at radius 3 is 2.80 bits per heavy atom. The van der Waals surface area contributed by atoms with Crippen LogP contribution >= 0.6 is 23.8 Å². The van der Waals surface area contributed by atoms with E-state index in [-0.39, 0.29) is 0 Å². The summed E-state index contributed by atoms with van der Waals surface area (Å²) in [7, 11) is 0. The first kappa shape index (κ1) is 20.4. The average molecular weight is 435 g/mol. The predicted octanol–water partition coefficient (Wildman–Crippen LogP) is 5.97. The van der Waals surface area contributed by atoms with E-state index in [1.54, 1.807) is 6.20 Å². The molecule has 30 heavy (non-hydrogen) atoms. The molecule has 0 radical (unpaired) electrons. The van der Waals surface area contributed by atoms with Gasteiger partial charge in [-0.3, -0.25) is 4.98 Å². The Balaban J connectivity index is 1.55. The van der Waals surface area contributed by atoms with Crippen LogP contribution < -0.4 is 5.32 Å². The van der Waals surface area contributed by atoms with Crippen molar-refractivity contribution in [2.75, 3.05) is 11.9 Å². The third-order valence-electron chi connectivity index (χ3n) is 5.12. The predicted molar refractivity (Wildman–Crippen MR) is 129 cm³/mol. The summed E-state index contributed by atoms with van der Waals surface area (Å²) in [6.45, 7) is 3.59. The summed E-state index contributed by atoms with van der Waals surface area (Å²) in [5.41, 5.74) is 5.69. The Morgan fingerprint density at radius 1 is 1.13 bits per heavy atom. The third kappa shape index (κ3) is 4.81. The van der Waals surface area contributed by atoms with Crippen LogP contribution in [0.25, 0.3) is 10.9 Å². The van der Waals surface area contributed by atoms with E-state index in [1.807, 2.05) is 36.5 Å². The summed E-state index contributed by atoms with van der Waals surface area (Å²) in [5, 5.41) is 5.94. The lowest BCUT2D eigenvalue weighted by molar-refractivity contribution is 0.422. The fourth-order valence-corrected chi connectivity index (χ4v) is 4.10. The van der Waals surface area contributed by atoms with Gasteiger partial charge in [-0.25, -0.2) is 0 Å². The van der Waals surface area contributed by atoms with Gasteiger partial charge in [-0.1, -0.05) is 41.9 Å². The molecule has 0 fully saturated rings. The molecule has 2 N–H and O–H groups in total. The van der Waals surface area contributed by atoms with Crippen LogP contribution in [-0.4, -0.2) is 26.5 Å². The fourth-order valence-electron chi connectivity index (χ4n) is 3.64. The van der Waals surface area contributed by atoms with E-state index in [1.165, 1.54) is 22.2 Å². The van der Waals surface area contributed by atoms with Crippen molar-refractivity contribution in [3.8, 4) is 0 Å². The summed E-state index contributed by atoms with van der Waals surface area (Å²) in [4.78, 5) is 9.90. The third-order valence-corrected chi connectivity index (χ3v) is 5.71. The van der Waals surface area contributed by atoms with Crippen molar-refractivity contribution in [3.05, 3.63) is 94.9 Å².